The molecule has 0 fully saturated rings. The van der Waals surface area contributed by atoms with E-state index in [1.807, 2.05) is 0 Å². The van der Waals surface area contributed by atoms with E-state index in [0.29, 0.717) is 21.2 Å². The van der Waals surface area contributed by atoms with Gasteiger partial charge >= 0.3 is 11.9 Å². The van der Waals surface area contributed by atoms with Crippen LogP contribution in [0.1, 0.15) is 11.1 Å². The molecule has 0 amide bonds. The maximum absolute atomic E-state index is 12.0. The van der Waals surface area contributed by atoms with Crippen LogP contribution in [0, 0.1) is 11.3 Å². The Morgan fingerprint density at radius 1 is 1.07 bits per heavy atom. The Labute approximate surface area is 166 Å². The maximum Gasteiger partial charge on any atom is 0.348 e. The second-order valence-corrected chi connectivity index (χ2v) is 5.98. The van der Waals surface area contributed by atoms with Gasteiger partial charge in [-0.2, -0.15) is 5.26 Å². The standard InChI is InChI=1S/C20H13Cl2NO4/c1-26-20(25)15(12-23)9-14-3-2-4-16(10-14)27-19(24)8-6-13-5-7-17(21)18(22)11-13/h2-11H,1H3/b8-6+,15-9+. The average Bonchev–Trinajstić information content (AvgIpc) is 2.66. The van der Waals surface area contributed by atoms with Gasteiger partial charge < -0.3 is 9.47 Å². The Balaban J connectivity index is 2.11. The number of nitrogens with zero attached hydrogens (tertiary/aromatic N) is 1. The molecule has 2 rings (SSSR count). The quantitative estimate of drug-likeness (QED) is 0.314. The maximum atomic E-state index is 12.0. The van der Waals surface area contributed by atoms with Gasteiger partial charge in [-0.1, -0.05) is 41.4 Å². The van der Waals surface area contributed by atoms with E-state index in [4.69, 9.17) is 33.2 Å². The van der Waals surface area contributed by atoms with E-state index < -0.39 is 11.9 Å². The summed E-state index contributed by atoms with van der Waals surface area (Å²) in [6, 6.07) is 13.1. The molecular formula is C20H13Cl2NO4. The van der Waals surface area contributed by atoms with Gasteiger partial charge in [0.25, 0.3) is 0 Å². The zero-order valence-corrected chi connectivity index (χ0v) is 15.6. The largest absolute Gasteiger partial charge is 0.465 e. The normalized spacial score (nSPS) is 11.1. The van der Waals surface area contributed by atoms with Crippen molar-refractivity contribution in [3.8, 4) is 11.8 Å². The number of hydrogen-bond acceptors (Lipinski definition) is 5. The first-order chi connectivity index (χ1) is 12.9. The van der Waals surface area contributed by atoms with E-state index in [9.17, 15) is 9.59 Å². The van der Waals surface area contributed by atoms with Gasteiger partial charge in [0.15, 0.2) is 0 Å². The predicted molar refractivity (Wildman–Crippen MR) is 103 cm³/mol. The zero-order chi connectivity index (χ0) is 19.8. The van der Waals surface area contributed by atoms with E-state index in [0.717, 1.165) is 0 Å². The number of carbonyl (C=O) groups excluding carboxylic acids is 2. The molecule has 0 saturated carbocycles. The molecule has 0 N–H and O–H groups in total. The van der Waals surface area contributed by atoms with Crippen molar-refractivity contribution >= 4 is 47.3 Å². The summed E-state index contributed by atoms with van der Waals surface area (Å²) in [5.74, 6) is -1.09. The van der Waals surface area contributed by atoms with Gasteiger partial charge in [-0.25, -0.2) is 9.59 Å². The van der Waals surface area contributed by atoms with Crippen molar-refractivity contribution in [3.63, 3.8) is 0 Å². The van der Waals surface area contributed by atoms with Gasteiger partial charge in [0.1, 0.15) is 17.4 Å². The minimum Gasteiger partial charge on any atom is -0.465 e. The molecule has 5 nitrogen and oxygen atoms in total. The second kappa shape index (κ2) is 9.58. The molecule has 7 heteroatoms. The Hall–Kier alpha value is -3.07. The van der Waals surface area contributed by atoms with E-state index >= 15 is 0 Å². The highest BCUT2D eigenvalue weighted by Gasteiger charge is 2.09. The monoisotopic (exact) mass is 401 g/mol. The minimum atomic E-state index is -0.746. The molecule has 0 aliphatic rings. The summed E-state index contributed by atoms with van der Waals surface area (Å²) in [4.78, 5) is 23.4. The second-order valence-electron chi connectivity index (χ2n) is 5.16. The Kier molecular flexibility index (Phi) is 7.18. The summed E-state index contributed by atoms with van der Waals surface area (Å²) >= 11 is 11.8. The number of benzene rings is 2. The number of carbonyl (C=O) groups is 2. The van der Waals surface area contributed by atoms with E-state index in [1.165, 1.54) is 25.3 Å². The number of hydrogen-bond donors (Lipinski definition) is 0. The van der Waals surface area contributed by atoms with Crippen LogP contribution in [0.5, 0.6) is 5.75 Å². The highest BCUT2D eigenvalue weighted by molar-refractivity contribution is 6.42. The fraction of sp³-hybridized carbons (Fsp3) is 0.0500. The van der Waals surface area contributed by atoms with Crippen LogP contribution in [0.25, 0.3) is 12.2 Å². The number of halogens is 2. The van der Waals surface area contributed by atoms with Crippen LogP contribution in [0.4, 0.5) is 0 Å². The highest BCUT2D eigenvalue weighted by atomic mass is 35.5. The topological polar surface area (TPSA) is 76.4 Å². The molecule has 27 heavy (non-hydrogen) atoms. The summed E-state index contributed by atoms with van der Waals surface area (Å²) < 4.78 is 9.74. The van der Waals surface area contributed by atoms with E-state index in [2.05, 4.69) is 4.74 Å². The third kappa shape index (κ3) is 6.00. The van der Waals surface area contributed by atoms with Gasteiger partial charge in [-0.15, -0.1) is 0 Å². The third-order valence-corrected chi connectivity index (χ3v) is 4.01. The summed E-state index contributed by atoms with van der Waals surface area (Å²) in [6.07, 6.45) is 4.13. The molecule has 0 aliphatic heterocycles. The molecular weight excluding hydrogens is 389 g/mol. The van der Waals surface area contributed by atoms with Gasteiger partial charge in [0.05, 0.1) is 17.2 Å². The summed E-state index contributed by atoms with van der Waals surface area (Å²) in [5, 5.41) is 9.79. The van der Waals surface area contributed by atoms with E-state index in [-0.39, 0.29) is 11.3 Å². The molecule has 0 heterocycles. The van der Waals surface area contributed by atoms with Crippen molar-refractivity contribution in [1.82, 2.24) is 0 Å². The molecule has 0 aliphatic carbocycles. The molecule has 2 aromatic carbocycles. The first-order valence-corrected chi connectivity index (χ1v) is 8.33. The van der Waals surface area contributed by atoms with Gasteiger partial charge in [-0.3, -0.25) is 0 Å². The van der Waals surface area contributed by atoms with Crippen LogP contribution in [0.15, 0.2) is 54.1 Å². The van der Waals surface area contributed by atoms with Crippen molar-refractivity contribution < 1.29 is 19.1 Å². The molecule has 0 atom stereocenters. The third-order valence-electron chi connectivity index (χ3n) is 3.27. The van der Waals surface area contributed by atoms with Crippen molar-refractivity contribution in [2.75, 3.05) is 7.11 Å². The Morgan fingerprint density at radius 2 is 1.85 bits per heavy atom. The number of ether oxygens (including phenoxy) is 2. The lowest BCUT2D eigenvalue weighted by Crippen LogP contribution is -2.04. The van der Waals surface area contributed by atoms with Crippen LogP contribution in [0.3, 0.4) is 0 Å². The van der Waals surface area contributed by atoms with Crippen molar-refractivity contribution in [2.45, 2.75) is 0 Å². The van der Waals surface area contributed by atoms with Crippen molar-refractivity contribution in [1.29, 1.82) is 5.26 Å². The van der Waals surface area contributed by atoms with E-state index in [1.54, 1.807) is 48.5 Å². The van der Waals surface area contributed by atoms with Gasteiger partial charge in [0, 0.05) is 6.08 Å². The Morgan fingerprint density at radius 3 is 2.52 bits per heavy atom. The average molecular weight is 402 g/mol. The minimum absolute atomic E-state index is 0.166. The Bertz CT molecular complexity index is 974. The number of esters is 2. The molecule has 0 bridgehead atoms. The lowest BCUT2D eigenvalue weighted by atomic mass is 10.1. The first kappa shape index (κ1) is 20.2. The zero-order valence-electron chi connectivity index (χ0n) is 14.1. The fourth-order valence-electron chi connectivity index (χ4n) is 2.01. The molecule has 0 spiro atoms. The van der Waals surface area contributed by atoms with Gasteiger partial charge in [0.2, 0.25) is 0 Å². The SMILES string of the molecule is COC(=O)/C(C#N)=C/c1cccc(OC(=O)/C=C/c2ccc(Cl)c(Cl)c2)c1. The lowest BCUT2D eigenvalue weighted by molar-refractivity contribution is -0.135. The predicted octanol–water partition coefficient (Wildman–Crippen LogP) is 4.69. The van der Waals surface area contributed by atoms with Crippen LogP contribution in [0.2, 0.25) is 10.0 Å². The molecule has 0 radical (unpaired) electrons. The molecule has 136 valence electrons. The number of methoxy groups -OCH3 is 1. The number of nitriles is 1. The van der Waals surface area contributed by atoms with Crippen LogP contribution in [-0.4, -0.2) is 19.0 Å². The molecule has 0 saturated heterocycles. The lowest BCUT2D eigenvalue weighted by Gasteiger charge is -2.03. The molecule has 0 unspecified atom stereocenters. The number of rotatable bonds is 5. The summed E-state index contributed by atoms with van der Waals surface area (Å²) in [6.45, 7) is 0. The van der Waals surface area contributed by atoms with Crippen LogP contribution in [-0.2, 0) is 14.3 Å². The van der Waals surface area contributed by atoms with Crippen LogP contribution < -0.4 is 4.74 Å². The van der Waals surface area contributed by atoms with Gasteiger partial charge in [-0.05, 0) is 47.5 Å². The summed E-state index contributed by atoms with van der Waals surface area (Å²) in [5.41, 5.74) is 1.03. The first-order valence-electron chi connectivity index (χ1n) is 7.58. The van der Waals surface area contributed by atoms with Crippen molar-refractivity contribution in [2.24, 2.45) is 0 Å². The smallest absolute Gasteiger partial charge is 0.348 e. The molecule has 2 aromatic rings. The molecule has 0 aromatic heterocycles. The van der Waals surface area contributed by atoms with Crippen LogP contribution >= 0.6 is 23.2 Å². The summed E-state index contributed by atoms with van der Waals surface area (Å²) in [7, 11) is 1.19. The highest BCUT2D eigenvalue weighted by Crippen LogP contribution is 2.23. The van der Waals surface area contributed by atoms with Crippen molar-refractivity contribution in [3.05, 3.63) is 75.3 Å². The fourth-order valence-corrected chi connectivity index (χ4v) is 2.32.